The third-order valence-corrected chi connectivity index (χ3v) is 4.50. The lowest BCUT2D eigenvalue weighted by Gasteiger charge is -2.33. The van der Waals surface area contributed by atoms with Gasteiger partial charge in [0.05, 0.1) is 33.1 Å². The summed E-state index contributed by atoms with van der Waals surface area (Å²) >= 11 is 0. The summed E-state index contributed by atoms with van der Waals surface area (Å²) in [5.41, 5.74) is 2.45. The fraction of sp³-hybridized carbons (Fsp3) is 0.167. The molecule has 0 saturated heterocycles. The zero-order valence-electron chi connectivity index (χ0n) is 16.9. The Morgan fingerprint density at radius 3 is 2.40 bits per heavy atom. The predicted octanol–water partition coefficient (Wildman–Crippen LogP) is 3.18. The minimum absolute atomic E-state index is 0.0372. The summed E-state index contributed by atoms with van der Waals surface area (Å²) in [6, 6.07) is 14.4. The summed E-state index contributed by atoms with van der Waals surface area (Å²) in [5.74, 6) is 5.69. The van der Waals surface area contributed by atoms with Crippen LogP contribution in [0.4, 0.5) is 5.69 Å². The van der Waals surface area contributed by atoms with Gasteiger partial charge in [-0.3, -0.25) is 0 Å². The van der Waals surface area contributed by atoms with Crippen LogP contribution >= 0.6 is 0 Å². The second kappa shape index (κ2) is 9.48. The highest BCUT2D eigenvalue weighted by Crippen LogP contribution is 2.32. The lowest BCUT2D eigenvalue weighted by atomic mass is 10.0. The molecule has 0 saturated carbocycles. The van der Waals surface area contributed by atoms with Gasteiger partial charge in [0.2, 0.25) is 0 Å². The van der Waals surface area contributed by atoms with E-state index in [9.17, 15) is 9.59 Å². The Morgan fingerprint density at radius 2 is 1.73 bits per heavy atom. The molecule has 1 aliphatic rings. The van der Waals surface area contributed by atoms with Crippen LogP contribution in [-0.2, 0) is 19.1 Å². The van der Waals surface area contributed by atoms with Gasteiger partial charge in [0, 0.05) is 5.56 Å². The van der Waals surface area contributed by atoms with E-state index in [2.05, 4.69) is 11.8 Å². The third-order valence-electron chi connectivity index (χ3n) is 4.50. The Morgan fingerprint density at radius 1 is 1.00 bits per heavy atom. The number of rotatable bonds is 4. The van der Waals surface area contributed by atoms with Crippen LogP contribution in [0.1, 0.15) is 11.1 Å². The van der Waals surface area contributed by atoms with Crippen molar-refractivity contribution < 1.29 is 23.8 Å². The normalized spacial score (nSPS) is 14.8. The summed E-state index contributed by atoms with van der Waals surface area (Å²) in [6.45, 7) is 0. The number of hydrogen-bond donors (Lipinski definition) is 0. The molecule has 1 heterocycles. The van der Waals surface area contributed by atoms with Gasteiger partial charge < -0.3 is 19.1 Å². The summed E-state index contributed by atoms with van der Waals surface area (Å²) in [6.07, 6.45) is 4.92. The first-order valence-corrected chi connectivity index (χ1v) is 9.17. The molecule has 0 aromatic heterocycles. The molecule has 1 aliphatic heterocycles. The SMILES string of the molecule is COC(=O)/C=C(\C(=O)OC)N1c2ccccc2C=CC1C#Cc1ccc(OC)cc1. The molecular formula is C24H21NO5. The molecule has 1 atom stereocenters. The van der Waals surface area contributed by atoms with Crippen molar-refractivity contribution in [2.24, 2.45) is 0 Å². The lowest BCUT2D eigenvalue weighted by molar-refractivity contribution is -0.138. The highest BCUT2D eigenvalue weighted by atomic mass is 16.5. The maximum Gasteiger partial charge on any atom is 0.355 e. The minimum Gasteiger partial charge on any atom is -0.497 e. The molecule has 3 rings (SSSR count). The summed E-state index contributed by atoms with van der Waals surface area (Å²) in [4.78, 5) is 26.2. The van der Waals surface area contributed by atoms with E-state index in [1.807, 2.05) is 60.7 Å². The molecule has 1 unspecified atom stereocenters. The van der Waals surface area contributed by atoms with Crippen LogP contribution in [0.3, 0.4) is 0 Å². The molecule has 6 nitrogen and oxygen atoms in total. The maximum atomic E-state index is 12.5. The molecule has 0 amide bonds. The average molecular weight is 403 g/mol. The summed E-state index contributed by atoms with van der Waals surface area (Å²) in [5, 5.41) is 0. The van der Waals surface area contributed by atoms with Crippen LogP contribution < -0.4 is 9.64 Å². The highest BCUT2D eigenvalue weighted by Gasteiger charge is 2.29. The molecule has 0 bridgehead atoms. The first kappa shape index (κ1) is 20.7. The fourth-order valence-corrected chi connectivity index (χ4v) is 3.00. The smallest absolute Gasteiger partial charge is 0.355 e. The van der Waals surface area contributed by atoms with E-state index in [0.717, 1.165) is 28.6 Å². The number of carbonyl (C=O) groups is 2. The number of ether oxygens (including phenoxy) is 3. The fourth-order valence-electron chi connectivity index (χ4n) is 3.00. The van der Waals surface area contributed by atoms with Gasteiger partial charge in [-0.1, -0.05) is 36.1 Å². The second-order valence-corrected chi connectivity index (χ2v) is 6.27. The van der Waals surface area contributed by atoms with Crippen LogP contribution in [0.5, 0.6) is 5.75 Å². The average Bonchev–Trinajstić information content (AvgIpc) is 2.80. The molecule has 2 aromatic rings. The van der Waals surface area contributed by atoms with Crippen molar-refractivity contribution in [2.75, 3.05) is 26.2 Å². The minimum atomic E-state index is -0.665. The van der Waals surface area contributed by atoms with Gasteiger partial charge in [0.1, 0.15) is 17.5 Å². The van der Waals surface area contributed by atoms with Crippen LogP contribution in [0, 0.1) is 11.8 Å². The number of methoxy groups -OCH3 is 3. The number of esters is 2. The van der Waals surface area contributed by atoms with E-state index >= 15 is 0 Å². The number of para-hydroxylation sites is 1. The zero-order valence-corrected chi connectivity index (χ0v) is 16.9. The molecule has 152 valence electrons. The van der Waals surface area contributed by atoms with Crippen molar-refractivity contribution in [1.82, 2.24) is 0 Å². The Labute approximate surface area is 175 Å². The molecule has 0 aliphatic carbocycles. The summed E-state index contributed by atoms with van der Waals surface area (Å²) < 4.78 is 14.8. The first-order chi connectivity index (χ1) is 14.6. The maximum absolute atomic E-state index is 12.5. The topological polar surface area (TPSA) is 65.1 Å². The standard InChI is InChI=1S/C24H21NO5/c1-28-20-14-9-17(10-15-20)8-12-19-13-11-18-6-4-5-7-21(18)25(19)22(24(27)30-3)16-23(26)29-2/h4-7,9-11,13-16,19H,1-3H3/b22-16+. The molecule has 30 heavy (non-hydrogen) atoms. The monoisotopic (exact) mass is 403 g/mol. The number of nitrogens with zero attached hydrogens (tertiary/aromatic N) is 1. The Balaban J connectivity index is 2.07. The quantitative estimate of drug-likeness (QED) is 0.444. The van der Waals surface area contributed by atoms with E-state index in [1.54, 1.807) is 12.0 Å². The lowest BCUT2D eigenvalue weighted by Crippen LogP contribution is -2.38. The number of carbonyl (C=O) groups excluding carboxylic acids is 2. The number of fused-ring (bicyclic) bond motifs is 1. The Kier molecular flexibility index (Phi) is 6.56. The van der Waals surface area contributed by atoms with Gasteiger partial charge in [-0.05, 0) is 42.0 Å². The molecule has 0 radical (unpaired) electrons. The largest absolute Gasteiger partial charge is 0.497 e. The van der Waals surface area contributed by atoms with E-state index < -0.39 is 18.0 Å². The van der Waals surface area contributed by atoms with Crippen molar-refractivity contribution in [3.05, 3.63) is 77.5 Å². The highest BCUT2D eigenvalue weighted by molar-refractivity contribution is 6.00. The summed E-state index contributed by atoms with van der Waals surface area (Å²) in [7, 11) is 4.11. The Hall–Kier alpha value is -3.98. The molecule has 2 aromatic carbocycles. The molecule has 0 spiro atoms. The molecular weight excluding hydrogens is 382 g/mol. The van der Waals surface area contributed by atoms with E-state index in [4.69, 9.17) is 14.2 Å². The van der Waals surface area contributed by atoms with Crippen LogP contribution in [0.15, 0.2) is 66.4 Å². The van der Waals surface area contributed by atoms with Gasteiger partial charge >= 0.3 is 11.9 Å². The molecule has 0 fully saturated rings. The van der Waals surface area contributed by atoms with Crippen molar-refractivity contribution in [2.45, 2.75) is 6.04 Å². The zero-order chi connectivity index (χ0) is 21.5. The molecule has 6 heteroatoms. The number of benzene rings is 2. The van der Waals surface area contributed by atoms with Gasteiger partial charge in [0.15, 0.2) is 0 Å². The van der Waals surface area contributed by atoms with Gasteiger partial charge in [0.25, 0.3) is 0 Å². The number of anilines is 1. The first-order valence-electron chi connectivity index (χ1n) is 9.17. The van der Waals surface area contributed by atoms with E-state index in [0.29, 0.717) is 0 Å². The second-order valence-electron chi connectivity index (χ2n) is 6.27. The van der Waals surface area contributed by atoms with Gasteiger partial charge in [-0.25, -0.2) is 9.59 Å². The van der Waals surface area contributed by atoms with Crippen molar-refractivity contribution in [3.8, 4) is 17.6 Å². The third kappa shape index (κ3) is 4.53. The van der Waals surface area contributed by atoms with Gasteiger partial charge in [-0.2, -0.15) is 0 Å². The number of hydrogen-bond acceptors (Lipinski definition) is 6. The van der Waals surface area contributed by atoms with Crippen molar-refractivity contribution in [1.29, 1.82) is 0 Å². The van der Waals surface area contributed by atoms with Gasteiger partial charge in [-0.15, -0.1) is 0 Å². The Bertz CT molecular complexity index is 1060. The van der Waals surface area contributed by atoms with E-state index in [1.165, 1.54) is 14.2 Å². The van der Waals surface area contributed by atoms with Crippen molar-refractivity contribution >= 4 is 23.7 Å². The predicted molar refractivity (Wildman–Crippen MR) is 114 cm³/mol. The molecule has 0 N–H and O–H groups in total. The van der Waals surface area contributed by atoms with Crippen molar-refractivity contribution in [3.63, 3.8) is 0 Å². The van der Waals surface area contributed by atoms with Crippen LogP contribution in [0.25, 0.3) is 6.08 Å². The van der Waals surface area contributed by atoms with E-state index in [-0.39, 0.29) is 5.70 Å². The van der Waals surface area contributed by atoms with Crippen LogP contribution in [-0.4, -0.2) is 39.3 Å². The van der Waals surface area contributed by atoms with Crippen LogP contribution in [0.2, 0.25) is 0 Å².